The van der Waals surface area contributed by atoms with Gasteiger partial charge >= 0.3 is 0 Å². The minimum absolute atomic E-state index is 0.696. The highest BCUT2D eigenvalue weighted by molar-refractivity contribution is 7.98. The Bertz CT molecular complexity index is 66.3. The first-order valence-corrected chi connectivity index (χ1v) is 5.43. The molecule has 0 amide bonds. The maximum Gasteiger partial charge on any atom is 0.00361 e. The van der Waals surface area contributed by atoms with Gasteiger partial charge in [-0.15, -0.1) is 0 Å². The quantitative estimate of drug-likeness (QED) is 0.599. The van der Waals surface area contributed by atoms with E-state index in [9.17, 15) is 0 Å². The largest absolute Gasteiger partial charge is 0.314 e. The van der Waals surface area contributed by atoms with Gasteiger partial charge in [0, 0.05) is 6.04 Å². The molecule has 1 atom stereocenters. The molecule has 0 spiro atoms. The Morgan fingerprint density at radius 2 is 2.20 bits per heavy atom. The van der Waals surface area contributed by atoms with E-state index in [-0.39, 0.29) is 0 Å². The molecule has 0 rings (SSSR count). The van der Waals surface area contributed by atoms with Crippen molar-refractivity contribution in [3.63, 3.8) is 0 Å². The monoisotopic (exact) mass is 161 g/mol. The minimum Gasteiger partial charge on any atom is -0.314 e. The maximum atomic E-state index is 3.45. The molecule has 0 aliphatic rings. The average molecular weight is 161 g/mol. The molecule has 1 N–H and O–H groups in total. The molecule has 1 nitrogen and oxygen atoms in total. The van der Waals surface area contributed by atoms with Crippen LogP contribution < -0.4 is 5.32 Å². The van der Waals surface area contributed by atoms with E-state index < -0.39 is 0 Å². The Balaban J connectivity index is 2.89. The van der Waals surface area contributed by atoms with Crippen molar-refractivity contribution in [3.8, 4) is 0 Å². The molecule has 0 aliphatic heterocycles. The predicted molar refractivity (Wildman–Crippen MR) is 50.8 cm³/mol. The van der Waals surface area contributed by atoms with E-state index >= 15 is 0 Å². The van der Waals surface area contributed by atoms with Crippen LogP contribution in [0.5, 0.6) is 0 Å². The van der Waals surface area contributed by atoms with Gasteiger partial charge in [-0.05, 0) is 38.3 Å². The molecule has 0 unspecified atom stereocenters. The van der Waals surface area contributed by atoms with Gasteiger partial charge < -0.3 is 5.32 Å². The summed E-state index contributed by atoms with van der Waals surface area (Å²) in [5.74, 6) is 1.28. The summed E-state index contributed by atoms with van der Waals surface area (Å²) in [7, 11) is 0. The molecule has 0 fully saturated rings. The van der Waals surface area contributed by atoms with Gasteiger partial charge in [0.05, 0.1) is 0 Å². The van der Waals surface area contributed by atoms with Gasteiger partial charge in [-0.3, -0.25) is 0 Å². The van der Waals surface area contributed by atoms with Gasteiger partial charge in [-0.2, -0.15) is 11.8 Å². The van der Waals surface area contributed by atoms with Gasteiger partial charge in [0.25, 0.3) is 0 Å². The highest BCUT2D eigenvalue weighted by Gasteiger charge is 1.94. The van der Waals surface area contributed by atoms with Gasteiger partial charge in [0.1, 0.15) is 0 Å². The zero-order valence-electron chi connectivity index (χ0n) is 7.31. The number of nitrogens with one attached hydrogen (secondary N) is 1. The number of rotatable bonds is 6. The fourth-order valence-electron chi connectivity index (χ4n) is 0.709. The first kappa shape index (κ1) is 10.3. The predicted octanol–water partition coefficient (Wildman–Crippen LogP) is 2.13. The summed E-state index contributed by atoms with van der Waals surface area (Å²) >= 11 is 1.92. The molecule has 0 bridgehead atoms. The second kappa shape index (κ2) is 7.42. The van der Waals surface area contributed by atoms with Crippen LogP contribution in [0.4, 0.5) is 0 Å². The van der Waals surface area contributed by atoms with Crippen LogP contribution in [0.3, 0.4) is 0 Å². The van der Waals surface area contributed by atoms with E-state index in [1.165, 1.54) is 25.1 Å². The van der Waals surface area contributed by atoms with Crippen molar-refractivity contribution in [1.29, 1.82) is 0 Å². The molecule has 0 aromatic heterocycles. The summed E-state index contributed by atoms with van der Waals surface area (Å²) in [6.45, 7) is 5.63. The zero-order chi connectivity index (χ0) is 7.82. The highest BCUT2D eigenvalue weighted by atomic mass is 32.2. The third-order valence-corrected chi connectivity index (χ3v) is 2.33. The van der Waals surface area contributed by atoms with Crippen LogP contribution in [0.25, 0.3) is 0 Å². The van der Waals surface area contributed by atoms with E-state index in [2.05, 4.69) is 25.4 Å². The molecular formula is C8H19NS. The lowest BCUT2D eigenvalue weighted by atomic mass is 10.2. The minimum atomic E-state index is 0.696. The topological polar surface area (TPSA) is 12.0 Å². The van der Waals surface area contributed by atoms with Gasteiger partial charge in [-0.25, -0.2) is 0 Å². The maximum absolute atomic E-state index is 3.45. The van der Waals surface area contributed by atoms with E-state index in [0.29, 0.717) is 6.04 Å². The molecule has 2 heteroatoms. The van der Waals surface area contributed by atoms with Crippen molar-refractivity contribution < 1.29 is 0 Å². The number of hydrogen-bond acceptors (Lipinski definition) is 2. The third-order valence-electron chi connectivity index (χ3n) is 1.63. The molecule has 0 radical (unpaired) electrons. The van der Waals surface area contributed by atoms with Crippen molar-refractivity contribution in [1.82, 2.24) is 5.32 Å². The molecule has 0 heterocycles. The Morgan fingerprint density at radius 3 is 2.70 bits per heavy atom. The van der Waals surface area contributed by atoms with Gasteiger partial charge in [0.15, 0.2) is 0 Å². The standard InChI is InChI=1S/C8H19NS/c1-4-8(2)9-6-5-7-10-3/h8-9H,4-7H2,1-3H3/t8-/m0/s1. The fourth-order valence-corrected chi connectivity index (χ4v) is 1.14. The summed E-state index contributed by atoms with van der Waals surface area (Å²) in [4.78, 5) is 0. The number of hydrogen-bond donors (Lipinski definition) is 1. The van der Waals surface area contributed by atoms with Crippen molar-refractivity contribution in [2.24, 2.45) is 0 Å². The Hall–Kier alpha value is 0.310. The van der Waals surface area contributed by atoms with Crippen LogP contribution in [0, 0.1) is 0 Å². The van der Waals surface area contributed by atoms with Gasteiger partial charge in [0.2, 0.25) is 0 Å². The first-order valence-electron chi connectivity index (χ1n) is 4.03. The van der Waals surface area contributed by atoms with Crippen LogP contribution in [-0.4, -0.2) is 24.6 Å². The van der Waals surface area contributed by atoms with Crippen molar-refractivity contribution in [3.05, 3.63) is 0 Å². The molecule has 0 saturated heterocycles. The lowest BCUT2D eigenvalue weighted by molar-refractivity contribution is 0.534. The molecule has 0 aliphatic carbocycles. The van der Waals surface area contributed by atoms with Crippen LogP contribution in [0.2, 0.25) is 0 Å². The van der Waals surface area contributed by atoms with E-state index in [1.54, 1.807) is 0 Å². The summed E-state index contributed by atoms with van der Waals surface area (Å²) in [6.07, 6.45) is 4.69. The molecule has 0 aromatic rings. The van der Waals surface area contributed by atoms with Crippen molar-refractivity contribution in [2.75, 3.05) is 18.6 Å². The molecule has 0 saturated carbocycles. The molecule has 10 heavy (non-hydrogen) atoms. The average Bonchev–Trinajstić information content (AvgIpc) is 1.98. The fraction of sp³-hybridized carbons (Fsp3) is 1.00. The summed E-state index contributed by atoms with van der Waals surface area (Å²) in [5, 5.41) is 3.45. The molecular weight excluding hydrogens is 142 g/mol. The van der Waals surface area contributed by atoms with E-state index in [0.717, 1.165) is 0 Å². The lowest BCUT2D eigenvalue weighted by Gasteiger charge is -2.09. The second-order valence-corrected chi connectivity index (χ2v) is 3.60. The SMILES string of the molecule is CC[C@H](C)NCCCSC. The van der Waals surface area contributed by atoms with E-state index in [4.69, 9.17) is 0 Å². The smallest absolute Gasteiger partial charge is 0.00361 e. The molecule has 62 valence electrons. The Kier molecular flexibility index (Phi) is 7.65. The normalized spacial score (nSPS) is 13.5. The summed E-state index contributed by atoms with van der Waals surface area (Å²) < 4.78 is 0. The third kappa shape index (κ3) is 6.43. The van der Waals surface area contributed by atoms with Crippen molar-refractivity contribution in [2.45, 2.75) is 32.7 Å². The van der Waals surface area contributed by atoms with Crippen LogP contribution in [0.15, 0.2) is 0 Å². The van der Waals surface area contributed by atoms with Crippen LogP contribution in [-0.2, 0) is 0 Å². The summed E-state index contributed by atoms with van der Waals surface area (Å²) in [6, 6.07) is 0.696. The first-order chi connectivity index (χ1) is 4.81. The lowest BCUT2D eigenvalue weighted by Crippen LogP contribution is -2.26. The van der Waals surface area contributed by atoms with Crippen LogP contribution >= 0.6 is 11.8 Å². The summed E-state index contributed by atoms with van der Waals surface area (Å²) in [5.41, 5.74) is 0. The zero-order valence-corrected chi connectivity index (χ0v) is 8.13. The highest BCUT2D eigenvalue weighted by Crippen LogP contribution is 1.94. The second-order valence-electron chi connectivity index (χ2n) is 2.61. The van der Waals surface area contributed by atoms with Crippen molar-refractivity contribution >= 4 is 11.8 Å². The Labute approximate surface area is 69.0 Å². The van der Waals surface area contributed by atoms with E-state index in [1.807, 2.05) is 11.8 Å². The van der Waals surface area contributed by atoms with Gasteiger partial charge in [-0.1, -0.05) is 6.92 Å². The van der Waals surface area contributed by atoms with Crippen LogP contribution in [0.1, 0.15) is 26.7 Å². The Morgan fingerprint density at radius 1 is 1.50 bits per heavy atom. The number of thioether (sulfide) groups is 1. The molecule has 0 aromatic carbocycles.